The molecule has 0 aliphatic carbocycles. The van der Waals surface area contributed by atoms with E-state index in [4.69, 9.17) is 4.74 Å². The Morgan fingerprint density at radius 1 is 1.35 bits per heavy atom. The normalized spacial score (nSPS) is 11.7. The Balaban J connectivity index is 2.30. The van der Waals surface area contributed by atoms with E-state index < -0.39 is 0 Å². The van der Waals surface area contributed by atoms with Crippen LogP contribution in [0.5, 0.6) is 0 Å². The maximum atomic E-state index is 5.50. The van der Waals surface area contributed by atoms with Crippen LogP contribution in [0, 0.1) is 0 Å². The number of hydrogen-bond donors (Lipinski definition) is 2. The summed E-state index contributed by atoms with van der Waals surface area (Å²) in [5.74, 6) is 1.61. The second-order valence-electron chi connectivity index (χ2n) is 4.39. The summed E-state index contributed by atoms with van der Waals surface area (Å²) in [6, 6.07) is 0. The van der Waals surface area contributed by atoms with Crippen molar-refractivity contribution in [2.45, 2.75) is 33.2 Å². The number of aromatic nitrogens is 3. The summed E-state index contributed by atoms with van der Waals surface area (Å²) in [5.41, 5.74) is 0. The van der Waals surface area contributed by atoms with Crippen LogP contribution in [0.15, 0.2) is 11.3 Å². The number of unbranched alkanes of at least 4 members (excludes halogenated alkanes) is 1. The minimum atomic E-state index is 0.503. The van der Waals surface area contributed by atoms with Gasteiger partial charge in [-0.1, -0.05) is 13.3 Å². The number of aliphatic imine (C=N–C) groups is 1. The minimum Gasteiger partial charge on any atom is -0.380 e. The number of guanidine groups is 1. The van der Waals surface area contributed by atoms with Gasteiger partial charge >= 0.3 is 0 Å². The van der Waals surface area contributed by atoms with Gasteiger partial charge in [0.15, 0.2) is 5.96 Å². The first kappa shape index (κ1) is 16.4. The Morgan fingerprint density at radius 2 is 2.20 bits per heavy atom. The van der Waals surface area contributed by atoms with Gasteiger partial charge in [-0.2, -0.15) is 5.10 Å². The largest absolute Gasteiger partial charge is 0.380 e. The SMILES string of the molecule is CCCCOCCNC(=NCc1ncnn1C)NCC. The van der Waals surface area contributed by atoms with Crippen molar-refractivity contribution in [3.63, 3.8) is 0 Å². The second-order valence-corrected chi connectivity index (χ2v) is 4.39. The number of aryl methyl sites for hydroxylation is 1. The average Bonchev–Trinajstić information content (AvgIpc) is 2.85. The van der Waals surface area contributed by atoms with Crippen molar-refractivity contribution < 1.29 is 4.74 Å². The van der Waals surface area contributed by atoms with Crippen LogP contribution in [0.1, 0.15) is 32.5 Å². The zero-order valence-electron chi connectivity index (χ0n) is 12.7. The molecule has 7 nitrogen and oxygen atoms in total. The van der Waals surface area contributed by atoms with Crippen LogP contribution in [0.25, 0.3) is 0 Å². The molecule has 0 aromatic carbocycles. The third-order valence-corrected chi connectivity index (χ3v) is 2.71. The zero-order valence-corrected chi connectivity index (χ0v) is 12.7. The predicted octanol–water partition coefficient (Wildman–Crippen LogP) is 0.687. The number of ether oxygens (including phenoxy) is 1. The van der Waals surface area contributed by atoms with Gasteiger partial charge in [0.2, 0.25) is 0 Å². The molecule has 0 saturated carbocycles. The third kappa shape index (κ3) is 6.51. The Hall–Kier alpha value is -1.63. The Bertz CT molecular complexity index is 390. The molecule has 0 spiro atoms. The number of nitrogens with zero attached hydrogens (tertiary/aromatic N) is 4. The van der Waals surface area contributed by atoms with Crippen LogP contribution in [0.3, 0.4) is 0 Å². The molecule has 0 bridgehead atoms. The molecule has 2 N–H and O–H groups in total. The van der Waals surface area contributed by atoms with E-state index in [2.05, 4.69) is 32.6 Å². The average molecular weight is 282 g/mol. The highest BCUT2D eigenvalue weighted by Gasteiger charge is 2.01. The van der Waals surface area contributed by atoms with Gasteiger partial charge in [0.05, 0.1) is 6.61 Å². The first-order valence-corrected chi connectivity index (χ1v) is 7.20. The van der Waals surface area contributed by atoms with E-state index in [0.29, 0.717) is 13.2 Å². The molecule has 0 amide bonds. The Labute approximate surface area is 120 Å². The maximum absolute atomic E-state index is 5.50. The van der Waals surface area contributed by atoms with Crippen molar-refractivity contribution in [3.8, 4) is 0 Å². The monoisotopic (exact) mass is 282 g/mol. The Kier molecular flexibility index (Phi) is 8.37. The topological polar surface area (TPSA) is 76.4 Å². The summed E-state index contributed by atoms with van der Waals surface area (Å²) in [7, 11) is 1.86. The summed E-state index contributed by atoms with van der Waals surface area (Å²) in [6.45, 7) is 7.78. The molecule has 0 atom stereocenters. The molecule has 1 rings (SSSR count). The van der Waals surface area contributed by atoms with Gasteiger partial charge in [-0.15, -0.1) is 0 Å². The maximum Gasteiger partial charge on any atom is 0.191 e. The van der Waals surface area contributed by atoms with Gasteiger partial charge in [0.1, 0.15) is 18.7 Å². The summed E-state index contributed by atoms with van der Waals surface area (Å²) >= 11 is 0. The zero-order chi connectivity index (χ0) is 14.6. The van der Waals surface area contributed by atoms with Gasteiger partial charge in [-0.25, -0.2) is 9.98 Å². The van der Waals surface area contributed by atoms with Crippen molar-refractivity contribution in [1.82, 2.24) is 25.4 Å². The van der Waals surface area contributed by atoms with E-state index in [1.807, 2.05) is 14.0 Å². The molecule has 20 heavy (non-hydrogen) atoms. The number of rotatable bonds is 9. The molecule has 1 aromatic rings. The van der Waals surface area contributed by atoms with E-state index in [9.17, 15) is 0 Å². The van der Waals surface area contributed by atoms with Crippen molar-refractivity contribution >= 4 is 5.96 Å². The molecular weight excluding hydrogens is 256 g/mol. The summed E-state index contributed by atoms with van der Waals surface area (Å²) in [4.78, 5) is 8.61. The summed E-state index contributed by atoms with van der Waals surface area (Å²) in [6.07, 6.45) is 3.81. The summed E-state index contributed by atoms with van der Waals surface area (Å²) < 4.78 is 7.22. The molecule has 0 radical (unpaired) electrons. The number of hydrogen-bond acceptors (Lipinski definition) is 4. The van der Waals surface area contributed by atoms with Crippen LogP contribution in [0.4, 0.5) is 0 Å². The van der Waals surface area contributed by atoms with E-state index >= 15 is 0 Å². The van der Waals surface area contributed by atoms with E-state index in [0.717, 1.165) is 44.3 Å². The molecule has 0 saturated heterocycles. The van der Waals surface area contributed by atoms with Crippen molar-refractivity contribution in [2.75, 3.05) is 26.3 Å². The lowest BCUT2D eigenvalue weighted by molar-refractivity contribution is 0.136. The highest BCUT2D eigenvalue weighted by Crippen LogP contribution is 1.93. The van der Waals surface area contributed by atoms with Crippen molar-refractivity contribution in [3.05, 3.63) is 12.2 Å². The van der Waals surface area contributed by atoms with Crippen LogP contribution in [-0.4, -0.2) is 47.0 Å². The smallest absolute Gasteiger partial charge is 0.191 e. The first-order valence-electron chi connectivity index (χ1n) is 7.20. The quantitative estimate of drug-likeness (QED) is 0.396. The fraction of sp³-hybridized carbons (Fsp3) is 0.769. The minimum absolute atomic E-state index is 0.503. The van der Waals surface area contributed by atoms with Crippen LogP contribution < -0.4 is 10.6 Å². The highest BCUT2D eigenvalue weighted by molar-refractivity contribution is 5.79. The van der Waals surface area contributed by atoms with Crippen LogP contribution in [-0.2, 0) is 18.3 Å². The second kappa shape index (κ2) is 10.2. The molecule has 1 aromatic heterocycles. The third-order valence-electron chi connectivity index (χ3n) is 2.71. The van der Waals surface area contributed by atoms with E-state index in [-0.39, 0.29) is 0 Å². The van der Waals surface area contributed by atoms with Gasteiger partial charge in [-0.3, -0.25) is 4.68 Å². The molecule has 0 unspecified atom stereocenters. The molecule has 0 aliphatic heterocycles. The predicted molar refractivity (Wildman–Crippen MR) is 79.5 cm³/mol. The van der Waals surface area contributed by atoms with Gasteiger partial charge < -0.3 is 15.4 Å². The lowest BCUT2D eigenvalue weighted by Crippen LogP contribution is -2.39. The fourth-order valence-electron chi connectivity index (χ4n) is 1.54. The standard InChI is InChI=1S/C13H26N6O/c1-4-6-8-20-9-7-15-13(14-5-2)16-10-12-17-11-18-19(12)3/h11H,4-10H2,1-3H3,(H2,14,15,16). The van der Waals surface area contributed by atoms with Crippen molar-refractivity contribution in [1.29, 1.82) is 0 Å². The van der Waals surface area contributed by atoms with Gasteiger partial charge in [-0.05, 0) is 13.3 Å². The first-order chi connectivity index (χ1) is 9.77. The lowest BCUT2D eigenvalue weighted by atomic mass is 10.4. The highest BCUT2D eigenvalue weighted by atomic mass is 16.5. The van der Waals surface area contributed by atoms with Gasteiger partial charge in [0, 0.05) is 26.7 Å². The van der Waals surface area contributed by atoms with E-state index in [1.165, 1.54) is 6.33 Å². The molecule has 114 valence electrons. The van der Waals surface area contributed by atoms with E-state index in [1.54, 1.807) is 4.68 Å². The van der Waals surface area contributed by atoms with Crippen LogP contribution >= 0.6 is 0 Å². The number of nitrogens with one attached hydrogen (secondary N) is 2. The summed E-state index contributed by atoms with van der Waals surface area (Å²) in [5, 5.41) is 10.4. The Morgan fingerprint density at radius 3 is 2.85 bits per heavy atom. The van der Waals surface area contributed by atoms with Crippen LogP contribution in [0.2, 0.25) is 0 Å². The molecule has 0 fully saturated rings. The fourth-order valence-corrected chi connectivity index (χ4v) is 1.54. The molecule has 0 aliphatic rings. The van der Waals surface area contributed by atoms with Gasteiger partial charge in [0.25, 0.3) is 0 Å². The molecule has 7 heteroatoms. The molecule has 1 heterocycles. The molecular formula is C13H26N6O. The van der Waals surface area contributed by atoms with Crippen molar-refractivity contribution in [2.24, 2.45) is 12.0 Å². The lowest BCUT2D eigenvalue weighted by Gasteiger charge is -2.11.